The minimum absolute atomic E-state index is 0.00940. The van der Waals surface area contributed by atoms with Gasteiger partial charge in [-0.15, -0.1) is 0 Å². The average Bonchev–Trinajstić information content (AvgIpc) is 2.47. The first-order valence-electron chi connectivity index (χ1n) is 6.29. The van der Waals surface area contributed by atoms with Crippen LogP contribution in [0.2, 0.25) is 0 Å². The fraction of sp³-hybridized carbons (Fsp3) is 0.188. The molecule has 3 nitrogen and oxygen atoms in total. The third kappa shape index (κ3) is 3.65. The van der Waals surface area contributed by atoms with E-state index in [1.807, 2.05) is 30.3 Å². The Bertz CT molecular complexity index is 554. The first-order valence-corrected chi connectivity index (χ1v) is 6.29. The standard InChI is InChI=1S/C16H16FNO2/c1-20-11-15(19)18-16(12-5-3-2-4-6-12)13-7-9-14(17)10-8-13/h2-10,16H,11H2,1H3,(H,18,19). The number of hydrogen-bond acceptors (Lipinski definition) is 2. The fourth-order valence-electron chi connectivity index (χ4n) is 1.99. The Hall–Kier alpha value is -2.20. The van der Waals surface area contributed by atoms with Gasteiger partial charge in [0.1, 0.15) is 12.4 Å². The molecule has 4 heteroatoms. The number of ether oxygens (including phenoxy) is 1. The van der Waals surface area contributed by atoms with E-state index in [-0.39, 0.29) is 24.4 Å². The van der Waals surface area contributed by atoms with Crippen molar-refractivity contribution in [3.8, 4) is 0 Å². The molecule has 0 aliphatic heterocycles. The normalized spacial score (nSPS) is 11.9. The van der Waals surface area contributed by atoms with E-state index in [0.29, 0.717) is 0 Å². The number of nitrogens with one attached hydrogen (secondary N) is 1. The molecule has 0 aliphatic rings. The van der Waals surface area contributed by atoms with Crippen LogP contribution in [0.4, 0.5) is 4.39 Å². The van der Waals surface area contributed by atoms with Crippen LogP contribution in [0.25, 0.3) is 0 Å². The molecule has 0 heterocycles. The van der Waals surface area contributed by atoms with E-state index in [4.69, 9.17) is 4.74 Å². The van der Waals surface area contributed by atoms with Crippen molar-refractivity contribution in [3.63, 3.8) is 0 Å². The SMILES string of the molecule is COCC(=O)NC(c1ccccc1)c1ccc(F)cc1. The van der Waals surface area contributed by atoms with Gasteiger partial charge in [-0.25, -0.2) is 4.39 Å². The number of amides is 1. The van der Waals surface area contributed by atoms with Gasteiger partial charge in [0.05, 0.1) is 6.04 Å². The largest absolute Gasteiger partial charge is 0.375 e. The quantitative estimate of drug-likeness (QED) is 0.909. The highest BCUT2D eigenvalue weighted by molar-refractivity contribution is 5.78. The van der Waals surface area contributed by atoms with Crippen LogP contribution in [0.3, 0.4) is 0 Å². The molecular formula is C16H16FNO2. The van der Waals surface area contributed by atoms with E-state index in [9.17, 15) is 9.18 Å². The zero-order chi connectivity index (χ0) is 14.4. The fourth-order valence-corrected chi connectivity index (χ4v) is 1.99. The van der Waals surface area contributed by atoms with Crippen LogP contribution < -0.4 is 5.32 Å². The van der Waals surface area contributed by atoms with E-state index in [1.54, 1.807) is 12.1 Å². The first kappa shape index (κ1) is 14.2. The summed E-state index contributed by atoms with van der Waals surface area (Å²) in [4.78, 5) is 11.8. The van der Waals surface area contributed by atoms with Gasteiger partial charge in [-0.2, -0.15) is 0 Å². The van der Waals surface area contributed by atoms with Crippen LogP contribution in [0, 0.1) is 5.82 Å². The second-order valence-corrected chi connectivity index (χ2v) is 4.40. The van der Waals surface area contributed by atoms with Crippen LogP contribution in [0.5, 0.6) is 0 Å². The number of halogens is 1. The predicted molar refractivity (Wildman–Crippen MR) is 74.7 cm³/mol. The Morgan fingerprint density at radius 1 is 1.10 bits per heavy atom. The molecule has 0 spiro atoms. The number of carbonyl (C=O) groups excluding carboxylic acids is 1. The molecule has 0 saturated heterocycles. The summed E-state index contributed by atoms with van der Waals surface area (Å²) in [6.45, 7) is -0.00940. The summed E-state index contributed by atoms with van der Waals surface area (Å²) in [7, 11) is 1.47. The lowest BCUT2D eigenvalue weighted by molar-refractivity contribution is -0.125. The molecule has 0 fully saturated rings. The van der Waals surface area contributed by atoms with Gasteiger partial charge in [-0.05, 0) is 23.3 Å². The van der Waals surface area contributed by atoms with Crippen LogP contribution in [-0.4, -0.2) is 19.6 Å². The molecule has 0 saturated carbocycles. The zero-order valence-corrected chi connectivity index (χ0v) is 11.2. The first-order chi connectivity index (χ1) is 9.70. The predicted octanol–water partition coefficient (Wildman–Crippen LogP) is 2.68. The van der Waals surface area contributed by atoms with E-state index >= 15 is 0 Å². The van der Waals surface area contributed by atoms with Gasteiger partial charge in [0.2, 0.25) is 5.91 Å². The Balaban J connectivity index is 2.29. The molecule has 20 heavy (non-hydrogen) atoms. The molecule has 2 rings (SSSR count). The van der Waals surface area contributed by atoms with Crippen molar-refractivity contribution < 1.29 is 13.9 Å². The van der Waals surface area contributed by atoms with Crippen molar-refractivity contribution in [2.75, 3.05) is 13.7 Å². The van der Waals surface area contributed by atoms with Gasteiger partial charge in [-0.1, -0.05) is 42.5 Å². The molecule has 2 aromatic carbocycles. The van der Waals surface area contributed by atoms with E-state index in [2.05, 4.69) is 5.32 Å². The molecule has 0 aliphatic carbocycles. The van der Waals surface area contributed by atoms with Gasteiger partial charge >= 0.3 is 0 Å². The molecule has 1 atom stereocenters. The van der Waals surface area contributed by atoms with Gasteiger partial charge < -0.3 is 10.1 Å². The van der Waals surface area contributed by atoms with Crippen LogP contribution in [-0.2, 0) is 9.53 Å². The van der Waals surface area contributed by atoms with Gasteiger partial charge in [-0.3, -0.25) is 4.79 Å². The third-order valence-corrected chi connectivity index (χ3v) is 2.92. The maximum absolute atomic E-state index is 13.0. The van der Waals surface area contributed by atoms with E-state index in [1.165, 1.54) is 19.2 Å². The summed E-state index contributed by atoms with van der Waals surface area (Å²) in [6, 6.07) is 15.3. The summed E-state index contributed by atoms with van der Waals surface area (Å²) in [5, 5.41) is 2.88. The van der Waals surface area contributed by atoms with Crippen molar-refractivity contribution in [1.82, 2.24) is 5.32 Å². The molecule has 1 amide bonds. The summed E-state index contributed by atoms with van der Waals surface area (Å²) >= 11 is 0. The number of hydrogen-bond donors (Lipinski definition) is 1. The number of rotatable bonds is 5. The van der Waals surface area contributed by atoms with E-state index in [0.717, 1.165) is 11.1 Å². The molecule has 0 aromatic heterocycles. The highest BCUT2D eigenvalue weighted by Crippen LogP contribution is 2.22. The van der Waals surface area contributed by atoms with Crippen molar-refractivity contribution in [1.29, 1.82) is 0 Å². The highest BCUT2D eigenvalue weighted by atomic mass is 19.1. The summed E-state index contributed by atoms with van der Waals surface area (Å²) in [5.41, 5.74) is 1.76. The molecule has 0 bridgehead atoms. The van der Waals surface area contributed by atoms with Crippen LogP contribution in [0.15, 0.2) is 54.6 Å². The maximum Gasteiger partial charge on any atom is 0.246 e. The lowest BCUT2D eigenvalue weighted by atomic mass is 9.98. The maximum atomic E-state index is 13.0. The van der Waals surface area contributed by atoms with Crippen LogP contribution >= 0.6 is 0 Å². The highest BCUT2D eigenvalue weighted by Gasteiger charge is 2.16. The van der Waals surface area contributed by atoms with Crippen molar-refractivity contribution >= 4 is 5.91 Å². The molecule has 104 valence electrons. The minimum Gasteiger partial charge on any atom is -0.375 e. The summed E-state index contributed by atoms with van der Waals surface area (Å²) < 4.78 is 17.9. The molecule has 0 radical (unpaired) electrons. The van der Waals surface area contributed by atoms with Crippen LogP contribution in [0.1, 0.15) is 17.2 Å². The number of methoxy groups -OCH3 is 1. The smallest absolute Gasteiger partial charge is 0.246 e. The summed E-state index contributed by atoms with van der Waals surface area (Å²) in [6.07, 6.45) is 0. The van der Waals surface area contributed by atoms with Crippen molar-refractivity contribution in [3.05, 3.63) is 71.5 Å². The lowest BCUT2D eigenvalue weighted by Crippen LogP contribution is -2.32. The molecular weight excluding hydrogens is 257 g/mol. The van der Waals surface area contributed by atoms with Crippen molar-refractivity contribution in [2.45, 2.75) is 6.04 Å². The third-order valence-electron chi connectivity index (χ3n) is 2.92. The van der Waals surface area contributed by atoms with Gasteiger partial charge in [0.25, 0.3) is 0 Å². The second-order valence-electron chi connectivity index (χ2n) is 4.40. The van der Waals surface area contributed by atoms with Crippen molar-refractivity contribution in [2.24, 2.45) is 0 Å². The zero-order valence-electron chi connectivity index (χ0n) is 11.2. The lowest BCUT2D eigenvalue weighted by Gasteiger charge is -2.19. The molecule has 1 unspecified atom stereocenters. The van der Waals surface area contributed by atoms with Gasteiger partial charge in [0, 0.05) is 7.11 Å². The monoisotopic (exact) mass is 273 g/mol. The molecule has 2 aromatic rings. The Kier molecular flexibility index (Phi) is 4.85. The number of carbonyl (C=O) groups is 1. The Morgan fingerprint density at radius 2 is 1.70 bits per heavy atom. The Labute approximate surface area is 117 Å². The summed E-state index contributed by atoms with van der Waals surface area (Å²) in [5.74, 6) is -0.519. The molecule has 1 N–H and O–H groups in total. The topological polar surface area (TPSA) is 38.3 Å². The second kappa shape index (κ2) is 6.82. The Morgan fingerprint density at radius 3 is 2.30 bits per heavy atom. The van der Waals surface area contributed by atoms with E-state index < -0.39 is 0 Å². The number of benzene rings is 2. The minimum atomic E-state index is -0.320. The van der Waals surface area contributed by atoms with Gasteiger partial charge in [0.15, 0.2) is 0 Å². The average molecular weight is 273 g/mol.